The fourth-order valence-corrected chi connectivity index (χ4v) is 3.54. The van der Waals surface area contributed by atoms with Gasteiger partial charge in [-0.25, -0.2) is 0 Å². The molecule has 4 rings (SSSR count). The molecule has 1 N–H and O–H groups in total. The molecule has 2 heterocycles. The summed E-state index contributed by atoms with van der Waals surface area (Å²) in [7, 11) is 0. The summed E-state index contributed by atoms with van der Waals surface area (Å²) in [4.78, 5) is 16.7. The number of nitrogens with one attached hydrogen (secondary N) is 1. The maximum absolute atomic E-state index is 12.5. The van der Waals surface area contributed by atoms with Crippen LogP contribution in [0.2, 0.25) is 5.02 Å². The molecule has 0 aliphatic heterocycles. The highest BCUT2D eigenvalue weighted by atomic mass is 35.5. The van der Waals surface area contributed by atoms with E-state index in [9.17, 15) is 18.0 Å². The van der Waals surface area contributed by atoms with E-state index in [0.717, 1.165) is 5.39 Å². The predicted octanol–water partition coefficient (Wildman–Crippen LogP) is 4.93. The number of nitrogens with zero attached hydrogens (tertiary/aromatic N) is 3. The Morgan fingerprint density at radius 1 is 1.28 bits per heavy atom. The van der Waals surface area contributed by atoms with E-state index in [4.69, 9.17) is 16.0 Å². The Balaban J connectivity index is 1.26. The van der Waals surface area contributed by atoms with Crippen LogP contribution in [-0.4, -0.2) is 33.6 Å². The summed E-state index contributed by atoms with van der Waals surface area (Å²) in [6.07, 6.45) is -2.97. The van der Waals surface area contributed by atoms with E-state index in [2.05, 4.69) is 31.8 Å². The van der Waals surface area contributed by atoms with Crippen LogP contribution in [0.15, 0.2) is 47.2 Å². The van der Waals surface area contributed by atoms with Crippen molar-refractivity contribution in [2.75, 3.05) is 0 Å². The van der Waals surface area contributed by atoms with Crippen molar-refractivity contribution in [1.29, 1.82) is 0 Å². The number of hydrogen-bond donors (Lipinski definition) is 1. The monoisotopic (exact) mass is 466 g/mol. The molecule has 168 valence electrons. The van der Waals surface area contributed by atoms with E-state index in [1.54, 1.807) is 24.3 Å². The largest absolute Gasteiger partial charge is 0.522 e. The minimum Gasteiger partial charge on any atom is -0.425 e. The van der Waals surface area contributed by atoms with Crippen LogP contribution in [0.25, 0.3) is 10.9 Å². The first-order valence-corrected chi connectivity index (χ1v) is 10.2. The first-order chi connectivity index (χ1) is 15.2. The first-order valence-electron chi connectivity index (χ1n) is 9.77. The highest BCUT2D eigenvalue weighted by molar-refractivity contribution is 6.31. The van der Waals surface area contributed by atoms with Gasteiger partial charge in [0.05, 0.1) is 16.6 Å². The van der Waals surface area contributed by atoms with Crippen molar-refractivity contribution in [2.24, 2.45) is 0 Å². The van der Waals surface area contributed by atoms with Gasteiger partial charge in [-0.05, 0) is 37.5 Å². The van der Waals surface area contributed by atoms with Crippen LogP contribution in [0.1, 0.15) is 47.3 Å². The van der Waals surface area contributed by atoms with Gasteiger partial charge in [0.1, 0.15) is 0 Å². The normalized spacial score (nSPS) is 18.4. The number of aromatic nitrogens is 3. The molecule has 0 radical (unpaired) electrons. The third-order valence-electron chi connectivity index (χ3n) is 5.07. The Morgan fingerprint density at radius 3 is 2.81 bits per heavy atom. The third-order valence-corrected chi connectivity index (χ3v) is 5.28. The molecule has 0 bridgehead atoms. The molecule has 1 fully saturated rings. The topological polar surface area (TPSA) is 90.1 Å². The van der Waals surface area contributed by atoms with E-state index in [1.165, 1.54) is 6.20 Å². The molecule has 11 heteroatoms. The van der Waals surface area contributed by atoms with Gasteiger partial charge in [0.15, 0.2) is 0 Å². The Hall–Kier alpha value is -2.98. The molecule has 2 aromatic heterocycles. The maximum Gasteiger partial charge on any atom is 0.522 e. The highest BCUT2D eigenvalue weighted by Gasteiger charge is 2.42. The Labute approximate surface area is 185 Å². The second-order valence-electron chi connectivity index (χ2n) is 7.51. The number of halogens is 4. The molecule has 1 aromatic carbocycles. The number of pyridine rings is 1. The third kappa shape index (κ3) is 5.43. The number of carbonyl (C=O) groups excluding carboxylic acids is 1. The number of fused-ring (bicyclic) bond motifs is 1. The summed E-state index contributed by atoms with van der Waals surface area (Å²) >= 11 is 5.92. The van der Waals surface area contributed by atoms with Crippen molar-refractivity contribution in [3.05, 3.63) is 65.1 Å². The van der Waals surface area contributed by atoms with E-state index in [-0.39, 0.29) is 24.7 Å². The van der Waals surface area contributed by atoms with Gasteiger partial charge >= 0.3 is 6.36 Å². The number of rotatable bonds is 7. The number of amides is 1. The van der Waals surface area contributed by atoms with Crippen LogP contribution in [-0.2, 0) is 11.2 Å². The fourth-order valence-electron chi connectivity index (χ4n) is 3.37. The molecule has 0 atom stereocenters. The molecule has 1 aliphatic carbocycles. The van der Waals surface area contributed by atoms with Gasteiger partial charge < -0.3 is 9.73 Å². The SMILES string of the molecule is C=C(CCc1nnc([C@H]2C[C@@H](OC(F)(F)F)C2)o1)NC(=O)c1ccc2cc(Cl)cnc2c1. The summed E-state index contributed by atoms with van der Waals surface area (Å²) in [5.74, 6) is 0.0377. The van der Waals surface area contributed by atoms with Crippen molar-refractivity contribution in [3.8, 4) is 0 Å². The van der Waals surface area contributed by atoms with Crippen LogP contribution < -0.4 is 5.32 Å². The zero-order valence-electron chi connectivity index (χ0n) is 16.7. The quantitative estimate of drug-likeness (QED) is 0.531. The summed E-state index contributed by atoms with van der Waals surface area (Å²) in [5, 5.41) is 11.9. The highest BCUT2D eigenvalue weighted by Crippen LogP contribution is 2.40. The standard InChI is InChI=1S/C21H18ClF3N4O3/c1-11(27-19(30)13-4-3-12-6-15(22)10-26-17(12)9-13)2-5-18-28-29-20(31-18)14-7-16(8-14)32-21(23,24)25/h3-4,6,9-10,14,16H,1-2,5,7-8H2,(H,27,30)/t14-,16+. The maximum atomic E-state index is 12.5. The Kier molecular flexibility index (Phi) is 6.16. The van der Waals surface area contributed by atoms with Gasteiger partial charge in [0.25, 0.3) is 5.91 Å². The number of benzene rings is 1. The van der Waals surface area contributed by atoms with Gasteiger partial charge in [-0.15, -0.1) is 23.4 Å². The lowest BCUT2D eigenvalue weighted by atomic mass is 9.82. The summed E-state index contributed by atoms with van der Waals surface area (Å²) in [5.41, 5.74) is 1.53. The smallest absolute Gasteiger partial charge is 0.425 e. The fraction of sp³-hybridized carbons (Fsp3) is 0.333. The molecule has 0 spiro atoms. The molecular weight excluding hydrogens is 449 g/mol. The first kappa shape index (κ1) is 22.2. The van der Waals surface area contributed by atoms with Crippen molar-refractivity contribution in [2.45, 2.75) is 44.1 Å². The summed E-state index contributed by atoms with van der Waals surface area (Å²) in [6.45, 7) is 3.84. The average molecular weight is 467 g/mol. The predicted molar refractivity (Wildman–Crippen MR) is 109 cm³/mol. The van der Waals surface area contributed by atoms with Crippen molar-refractivity contribution in [3.63, 3.8) is 0 Å². The van der Waals surface area contributed by atoms with Crippen molar-refractivity contribution >= 4 is 28.4 Å². The number of hydrogen-bond acceptors (Lipinski definition) is 6. The van der Waals surface area contributed by atoms with Crippen molar-refractivity contribution in [1.82, 2.24) is 20.5 Å². The lowest BCUT2D eigenvalue weighted by molar-refractivity contribution is -0.352. The van der Waals surface area contributed by atoms with Crippen LogP contribution in [0.4, 0.5) is 13.2 Å². The number of carbonyl (C=O) groups is 1. The van der Waals surface area contributed by atoms with E-state index < -0.39 is 12.5 Å². The molecular formula is C21H18ClF3N4O3. The molecule has 7 nitrogen and oxygen atoms in total. The minimum atomic E-state index is -4.64. The second-order valence-corrected chi connectivity index (χ2v) is 7.94. The van der Waals surface area contributed by atoms with Crippen LogP contribution in [0, 0.1) is 0 Å². The molecule has 1 aliphatic rings. The van der Waals surface area contributed by atoms with Crippen molar-refractivity contribution < 1.29 is 27.1 Å². The van der Waals surface area contributed by atoms with Crippen LogP contribution >= 0.6 is 11.6 Å². The van der Waals surface area contributed by atoms with Gasteiger partial charge in [0.2, 0.25) is 11.8 Å². The molecule has 1 saturated carbocycles. The molecule has 1 amide bonds. The Morgan fingerprint density at radius 2 is 2.06 bits per heavy atom. The van der Waals surface area contributed by atoms with Gasteiger partial charge in [-0.3, -0.25) is 14.5 Å². The van der Waals surface area contributed by atoms with E-state index >= 15 is 0 Å². The zero-order chi connectivity index (χ0) is 22.9. The number of alkyl halides is 3. The average Bonchev–Trinajstić information content (AvgIpc) is 3.16. The van der Waals surface area contributed by atoms with Crippen LogP contribution in [0.3, 0.4) is 0 Å². The van der Waals surface area contributed by atoms with E-state index in [1.807, 2.05) is 0 Å². The molecule has 32 heavy (non-hydrogen) atoms. The minimum absolute atomic E-state index is 0.177. The van der Waals surface area contributed by atoms with Gasteiger partial charge in [0, 0.05) is 35.2 Å². The van der Waals surface area contributed by atoms with Crippen LogP contribution in [0.5, 0.6) is 0 Å². The lowest BCUT2D eigenvalue weighted by Gasteiger charge is -2.32. The summed E-state index contributed by atoms with van der Waals surface area (Å²) in [6, 6.07) is 6.85. The zero-order valence-corrected chi connectivity index (χ0v) is 17.4. The Bertz CT molecular complexity index is 1160. The number of ether oxygens (including phenoxy) is 1. The van der Waals surface area contributed by atoms with Gasteiger partial charge in [-0.2, -0.15) is 0 Å². The molecule has 3 aromatic rings. The molecule has 0 saturated heterocycles. The lowest BCUT2D eigenvalue weighted by Crippen LogP contribution is -2.34. The number of allylic oxidation sites excluding steroid dienone is 1. The molecule has 0 unspecified atom stereocenters. The van der Waals surface area contributed by atoms with E-state index in [0.29, 0.717) is 46.4 Å². The summed E-state index contributed by atoms with van der Waals surface area (Å²) < 4.78 is 46.1. The number of aryl methyl sites for hydroxylation is 1. The van der Waals surface area contributed by atoms with Gasteiger partial charge in [-0.1, -0.05) is 24.2 Å². The second kappa shape index (κ2) is 8.87.